The first kappa shape index (κ1) is 26.0. The number of hydrogen-bond donors (Lipinski definition) is 2. The molecule has 0 unspecified atom stereocenters. The van der Waals surface area contributed by atoms with Gasteiger partial charge in [-0.25, -0.2) is 9.67 Å². The number of aromatic nitrogens is 3. The Morgan fingerprint density at radius 1 is 1.14 bits per heavy atom. The highest BCUT2D eigenvalue weighted by atomic mass is 16.5. The summed E-state index contributed by atoms with van der Waals surface area (Å²) in [6.45, 7) is 3.05. The Bertz CT molecular complexity index is 1300. The average molecular weight is 507 g/mol. The number of benzene rings is 1. The minimum Gasteiger partial charge on any atom is -0.383 e. The van der Waals surface area contributed by atoms with E-state index in [0.29, 0.717) is 56.5 Å². The van der Waals surface area contributed by atoms with Crippen molar-refractivity contribution in [2.45, 2.75) is 6.42 Å². The standard InChI is InChI=1S/C26H30N6O5/c1-31-26(35)22(29-23-7-6-20(17-28-23)25(34)32-9-12-37-13-10-32)16-21(30-31)19-5-3-4-18(14-19)15-24(33)27-8-11-36-2/h3-7,14,16-17H,8-13,15H2,1-2H3,(H,27,33)(H,28,29). The molecule has 0 saturated carbocycles. The Hall–Kier alpha value is -4.09. The molecular weight excluding hydrogens is 476 g/mol. The first-order valence-electron chi connectivity index (χ1n) is 12.0. The predicted octanol–water partition coefficient (Wildman–Crippen LogP) is 1.36. The van der Waals surface area contributed by atoms with Crippen LogP contribution in [0, 0.1) is 0 Å². The summed E-state index contributed by atoms with van der Waals surface area (Å²) < 4.78 is 11.5. The topological polar surface area (TPSA) is 128 Å². The number of nitrogens with zero attached hydrogens (tertiary/aromatic N) is 4. The summed E-state index contributed by atoms with van der Waals surface area (Å²) in [5, 5.41) is 10.2. The number of ether oxygens (including phenoxy) is 2. The second kappa shape index (κ2) is 12.2. The molecule has 0 radical (unpaired) electrons. The van der Waals surface area contributed by atoms with Crippen LogP contribution in [0.1, 0.15) is 15.9 Å². The van der Waals surface area contributed by atoms with Crippen LogP contribution >= 0.6 is 0 Å². The molecule has 3 heterocycles. The third-order valence-corrected chi connectivity index (χ3v) is 5.85. The van der Waals surface area contributed by atoms with Gasteiger partial charge in [0, 0.05) is 45.6 Å². The number of methoxy groups -OCH3 is 1. The van der Waals surface area contributed by atoms with Crippen LogP contribution in [0.25, 0.3) is 11.3 Å². The SMILES string of the molecule is COCCNC(=O)Cc1cccc(-c2cc(Nc3ccc(C(=O)N4CCOCC4)cn3)c(=O)n(C)n2)c1. The van der Waals surface area contributed by atoms with Gasteiger partial charge < -0.3 is 25.0 Å². The molecule has 2 amide bonds. The lowest BCUT2D eigenvalue weighted by molar-refractivity contribution is -0.120. The minimum atomic E-state index is -0.326. The first-order valence-corrected chi connectivity index (χ1v) is 12.0. The van der Waals surface area contributed by atoms with Gasteiger partial charge in [0.15, 0.2) is 0 Å². The Kier molecular flexibility index (Phi) is 8.60. The summed E-state index contributed by atoms with van der Waals surface area (Å²) in [5.74, 6) is 0.220. The molecule has 194 valence electrons. The smallest absolute Gasteiger partial charge is 0.290 e. The van der Waals surface area contributed by atoms with Crippen molar-refractivity contribution in [1.29, 1.82) is 0 Å². The molecule has 0 aliphatic carbocycles. The third-order valence-electron chi connectivity index (χ3n) is 5.85. The summed E-state index contributed by atoms with van der Waals surface area (Å²) >= 11 is 0. The summed E-state index contributed by atoms with van der Waals surface area (Å²) in [6, 6.07) is 12.4. The van der Waals surface area contributed by atoms with Crippen molar-refractivity contribution in [3.63, 3.8) is 0 Å². The normalized spacial score (nSPS) is 13.3. The Balaban J connectivity index is 1.49. The number of carbonyl (C=O) groups is 2. The maximum absolute atomic E-state index is 12.8. The van der Waals surface area contributed by atoms with Crippen molar-refractivity contribution in [1.82, 2.24) is 25.0 Å². The maximum atomic E-state index is 12.8. The lowest BCUT2D eigenvalue weighted by Gasteiger charge is -2.26. The fourth-order valence-corrected chi connectivity index (χ4v) is 3.90. The average Bonchev–Trinajstić information content (AvgIpc) is 2.92. The van der Waals surface area contributed by atoms with Gasteiger partial charge in [0.05, 0.1) is 37.5 Å². The highest BCUT2D eigenvalue weighted by Gasteiger charge is 2.19. The number of nitrogens with one attached hydrogen (secondary N) is 2. The molecule has 1 saturated heterocycles. The van der Waals surface area contributed by atoms with Crippen molar-refractivity contribution in [3.05, 3.63) is 70.1 Å². The van der Waals surface area contributed by atoms with E-state index in [2.05, 4.69) is 20.7 Å². The number of pyridine rings is 1. The Labute approximate surface area is 214 Å². The molecule has 11 heteroatoms. The Morgan fingerprint density at radius 2 is 1.95 bits per heavy atom. The lowest BCUT2D eigenvalue weighted by Crippen LogP contribution is -2.40. The van der Waals surface area contributed by atoms with Gasteiger partial charge in [-0.2, -0.15) is 5.10 Å². The molecule has 0 bridgehead atoms. The summed E-state index contributed by atoms with van der Waals surface area (Å²) in [4.78, 5) is 43.6. The molecule has 3 aromatic rings. The van der Waals surface area contributed by atoms with Crippen LogP contribution in [0.4, 0.5) is 11.5 Å². The highest BCUT2D eigenvalue weighted by Crippen LogP contribution is 2.21. The fraction of sp³-hybridized carbons (Fsp3) is 0.346. The first-order chi connectivity index (χ1) is 17.9. The van der Waals surface area contributed by atoms with Crippen LogP contribution in [0.5, 0.6) is 0 Å². The maximum Gasteiger partial charge on any atom is 0.290 e. The second-order valence-corrected chi connectivity index (χ2v) is 8.55. The molecule has 37 heavy (non-hydrogen) atoms. The summed E-state index contributed by atoms with van der Waals surface area (Å²) in [6.07, 6.45) is 1.71. The van der Waals surface area contributed by atoms with Crippen LogP contribution in [0.15, 0.2) is 53.5 Å². The molecule has 4 rings (SSSR count). The van der Waals surface area contributed by atoms with E-state index in [9.17, 15) is 14.4 Å². The molecule has 0 spiro atoms. The van der Waals surface area contributed by atoms with E-state index in [0.717, 1.165) is 11.1 Å². The molecular formula is C26H30N6O5. The summed E-state index contributed by atoms with van der Waals surface area (Å²) in [5.41, 5.74) is 2.58. The van der Waals surface area contributed by atoms with Crippen molar-refractivity contribution >= 4 is 23.3 Å². The fourth-order valence-electron chi connectivity index (χ4n) is 3.90. The molecule has 1 aliphatic rings. The van der Waals surface area contributed by atoms with E-state index >= 15 is 0 Å². The predicted molar refractivity (Wildman–Crippen MR) is 138 cm³/mol. The molecule has 1 aromatic carbocycles. The molecule has 1 aliphatic heterocycles. The molecule has 11 nitrogen and oxygen atoms in total. The van der Waals surface area contributed by atoms with Gasteiger partial charge >= 0.3 is 0 Å². The number of anilines is 2. The van der Waals surface area contributed by atoms with Crippen molar-refractivity contribution < 1.29 is 19.1 Å². The molecule has 1 fully saturated rings. The quantitative estimate of drug-likeness (QED) is 0.417. The monoisotopic (exact) mass is 506 g/mol. The zero-order valence-electron chi connectivity index (χ0n) is 20.9. The van der Waals surface area contributed by atoms with E-state index < -0.39 is 0 Å². The third kappa shape index (κ3) is 6.78. The number of carbonyl (C=O) groups excluding carboxylic acids is 2. The van der Waals surface area contributed by atoms with Crippen LogP contribution in [-0.4, -0.2) is 78.0 Å². The largest absolute Gasteiger partial charge is 0.383 e. The minimum absolute atomic E-state index is 0.100. The van der Waals surface area contributed by atoms with Gasteiger partial charge in [0.2, 0.25) is 5.91 Å². The lowest BCUT2D eigenvalue weighted by atomic mass is 10.1. The number of hydrogen-bond acceptors (Lipinski definition) is 8. The van der Waals surface area contributed by atoms with E-state index in [1.807, 2.05) is 24.3 Å². The molecule has 2 N–H and O–H groups in total. The van der Waals surface area contributed by atoms with Crippen LogP contribution in [-0.2, 0) is 27.7 Å². The van der Waals surface area contributed by atoms with Crippen LogP contribution in [0.2, 0.25) is 0 Å². The zero-order valence-corrected chi connectivity index (χ0v) is 20.9. The van der Waals surface area contributed by atoms with Crippen molar-refractivity contribution in [2.24, 2.45) is 7.05 Å². The molecule has 2 aromatic heterocycles. The molecule has 0 atom stereocenters. The highest BCUT2D eigenvalue weighted by molar-refractivity contribution is 5.94. The van der Waals surface area contributed by atoms with Gasteiger partial charge in [-0.15, -0.1) is 0 Å². The van der Waals surface area contributed by atoms with Crippen molar-refractivity contribution in [2.75, 3.05) is 51.9 Å². The number of aryl methyl sites for hydroxylation is 1. The number of amides is 2. The second-order valence-electron chi connectivity index (χ2n) is 8.55. The van der Waals surface area contributed by atoms with E-state index in [-0.39, 0.29) is 29.5 Å². The van der Waals surface area contributed by atoms with Gasteiger partial charge in [-0.1, -0.05) is 18.2 Å². The Morgan fingerprint density at radius 3 is 2.68 bits per heavy atom. The van der Waals surface area contributed by atoms with Crippen LogP contribution < -0.4 is 16.2 Å². The van der Waals surface area contributed by atoms with Crippen molar-refractivity contribution in [3.8, 4) is 11.3 Å². The van der Waals surface area contributed by atoms with Gasteiger partial charge in [-0.3, -0.25) is 14.4 Å². The number of rotatable bonds is 9. The van der Waals surface area contributed by atoms with Gasteiger partial charge in [-0.05, 0) is 29.8 Å². The van der Waals surface area contributed by atoms with E-state index in [1.165, 1.54) is 10.9 Å². The zero-order chi connectivity index (χ0) is 26.2. The van der Waals surface area contributed by atoms with Gasteiger partial charge in [0.25, 0.3) is 11.5 Å². The number of morpholine rings is 1. The van der Waals surface area contributed by atoms with E-state index in [1.54, 1.807) is 37.3 Å². The summed E-state index contributed by atoms with van der Waals surface area (Å²) in [7, 11) is 3.15. The van der Waals surface area contributed by atoms with Gasteiger partial charge in [0.1, 0.15) is 11.5 Å². The van der Waals surface area contributed by atoms with E-state index in [4.69, 9.17) is 9.47 Å². The van der Waals surface area contributed by atoms with Crippen LogP contribution in [0.3, 0.4) is 0 Å².